The zero-order valence-electron chi connectivity index (χ0n) is 20.4. The summed E-state index contributed by atoms with van der Waals surface area (Å²) < 4.78 is 10.8. The van der Waals surface area contributed by atoms with Gasteiger partial charge in [-0.2, -0.15) is 5.26 Å². The van der Waals surface area contributed by atoms with Crippen LogP contribution in [0.15, 0.2) is 54.6 Å². The van der Waals surface area contributed by atoms with E-state index in [1.165, 1.54) is 0 Å². The number of amides is 1. The number of nitriles is 1. The van der Waals surface area contributed by atoms with Gasteiger partial charge in [-0.3, -0.25) is 4.79 Å². The Kier molecular flexibility index (Phi) is 7.32. The average molecular weight is 500 g/mol. The Morgan fingerprint density at radius 3 is 2.53 bits per heavy atom. The number of benzene rings is 2. The maximum absolute atomic E-state index is 13.5. The molecule has 0 bridgehead atoms. The van der Waals surface area contributed by atoms with E-state index in [2.05, 4.69) is 11.4 Å². The lowest BCUT2D eigenvalue weighted by atomic mass is 10.0. The van der Waals surface area contributed by atoms with E-state index in [1.54, 1.807) is 26.8 Å². The monoisotopic (exact) mass is 499 g/mol. The number of thiophene rings is 1. The second-order valence-electron chi connectivity index (χ2n) is 8.31. The third-order valence-electron chi connectivity index (χ3n) is 5.44. The summed E-state index contributed by atoms with van der Waals surface area (Å²) in [5.74, 6) is -0.164. The van der Waals surface area contributed by atoms with Crippen molar-refractivity contribution in [2.45, 2.75) is 33.8 Å². The number of fused-ring (bicyclic) bond motifs is 1. The lowest BCUT2D eigenvalue weighted by molar-refractivity contribution is 0.0383. The van der Waals surface area contributed by atoms with E-state index >= 15 is 0 Å². The van der Waals surface area contributed by atoms with Crippen LogP contribution in [-0.4, -0.2) is 29.6 Å². The summed E-state index contributed by atoms with van der Waals surface area (Å²) in [7, 11) is 0. The number of ether oxygens (including phenoxy) is 2. The van der Waals surface area contributed by atoms with Crippen LogP contribution >= 0.6 is 11.3 Å². The van der Waals surface area contributed by atoms with Gasteiger partial charge in [0.1, 0.15) is 21.7 Å². The van der Waals surface area contributed by atoms with Crippen LogP contribution in [0, 0.1) is 18.3 Å². The van der Waals surface area contributed by atoms with E-state index in [4.69, 9.17) is 14.5 Å². The highest BCUT2D eigenvalue weighted by atomic mass is 32.1. The van der Waals surface area contributed by atoms with Crippen LogP contribution in [0.1, 0.15) is 51.9 Å². The normalized spacial score (nSPS) is 10.8. The molecule has 7 nitrogen and oxygen atoms in total. The molecule has 0 atom stereocenters. The summed E-state index contributed by atoms with van der Waals surface area (Å²) in [4.78, 5) is 31.1. The van der Waals surface area contributed by atoms with Crippen LogP contribution < -0.4 is 10.1 Å². The molecule has 4 rings (SSSR count). The molecule has 0 aliphatic heterocycles. The molecule has 4 aromatic rings. The van der Waals surface area contributed by atoms with E-state index in [0.717, 1.165) is 22.6 Å². The first-order valence-electron chi connectivity index (χ1n) is 11.5. The summed E-state index contributed by atoms with van der Waals surface area (Å²) >= 11 is 1.04. The molecule has 0 unspecified atom stereocenters. The van der Waals surface area contributed by atoms with Gasteiger partial charge in [0.15, 0.2) is 0 Å². The molecule has 0 spiro atoms. The van der Waals surface area contributed by atoms with Crippen molar-refractivity contribution in [2.75, 3.05) is 11.9 Å². The van der Waals surface area contributed by atoms with E-state index in [1.807, 2.05) is 55.5 Å². The van der Waals surface area contributed by atoms with Crippen LogP contribution in [-0.2, 0) is 4.74 Å². The van der Waals surface area contributed by atoms with Crippen molar-refractivity contribution in [3.05, 3.63) is 76.2 Å². The lowest BCUT2D eigenvalue weighted by Crippen LogP contribution is -2.13. The van der Waals surface area contributed by atoms with Crippen molar-refractivity contribution in [3.8, 4) is 23.1 Å². The minimum atomic E-state index is -0.517. The van der Waals surface area contributed by atoms with Gasteiger partial charge in [0.2, 0.25) is 0 Å². The third-order valence-corrected chi connectivity index (χ3v) is 6.62. The van der Waals surface area contributed by atoms with Gasteiger partial charge >= 0.3 is 5.97 Å². The van der Waals surface area contributed by atoms with Crippen molar-refractivity contribution < 1.29 is 19.1 Å². The molecule has 0 saturated heterocycles. The Morgan fingerprint density at radius 1 is 1.14 bits per heavy atom. The summed E-state index contributed by atoms with van der Waals surface area (Å²) in [5.41, 5.74) is 3.27. The first-order chi connectivity index (χ1) is 17.3. The molecule has 1 amide bonds. The summed E-state index contributed by atoms with van der Waals surface area (Å²) in [6, 6.07) is 18.7. The summed E-state index contributed by atoms with van der Waals surface area (Å²) in [6.45, 7) is 7.68. The van der Waals surface area contributed by atoms with E-state index in [-0.39, 0.29) is 11.7 Å². The van der Waals surface area contributed by atoms with E-state index in [9.17, 15) is 14.9 Å². The van der Waals surface area contributed by atoms with Crippen molar-refractivity contribution in [1.29, 1.82) is 5.26 Å². The van der Waals surface area contributed by atoms with E-state index in [0.29, 0.717) is 44.2 Å². The number of nitrogens with one attached hydrogen (secondary N) is 1. The molecule has 0 aliphatic carbocycles. The lowest BCUT2D eigenvalue weighted by Gasteiger charge is -2.11. The van der Waals surface area contributed by atoms with Gasteiger partial charge < -0.3 is 14.8 Å². The predicted molar refractivity (Wildman–Crippen MR) is 141 cm³/mol. The second kappa shape index (κ2) is 10.6. The summed E-state index contributed by atoms with van der Waals surface area (Å²) in [6.07, 6.45) is -0.299. The largest absolute Gasteiger partial charge is 0.494 e. The highest BCUT2D eigenvalue weighted by molar-refractivity contribution is 7.18. The fraction of sp³-hybridized carbons (Fsp3) is 0.214. The Hall–Kier alpha value is -4.22. The number of esters is 1. The molecule has 8 heteroatoms. The zero-order valence-corrected chi connectivity index (χ0v) is 21.2. The Bertz CT molecular complexity index is 1480. The van der Waals surface area contributed by atoms with Crippen LogP contribution in [0.4, 0.5) is 5.00 Å². The van der Waals surface area contributed by atoms with Crippen molar-refractivity contribution in [3.63, 3.8) is 0 Å². The highest BCUT2D eigenvalue weighted by Gasteiger charge is 2.24. The van der Waals surface area contributed by atoms with Crippen LogP contribution in [0.25, 0.3) is 22.2 Å². The molecule has 2 aromatic heterocycles. The number of nitrogens with zero attached hydrogens (tertiary/aromatic N) is 2. The standard InChI is InChI=1S/C28H25N3O4S/c1-5-34-19-12-10-18(11-13-19)24-14-21(20-8-6-7-9-23(20)30-24)26(32)31-27-22(15-29)17(4)25(36-27)28(33)35-16(2)3/h6-14,16H,5H2,1-4H3,(H,31,32). The molecule has 36 heavy (non-hydrogen) atoms. The third kappa shape index (κ3) is 5.07. The molecular weight excluding hydrogens is 474 g/mol. The zero-order chi connectivity index (χ0) is 25.8. The van der Waals surface area contributed by atoms with Gasteiger partial charge in [-0.15, -0.1) is 11.3 Å². The van der Waals surface area contributed by atoms with Crippen LogP contribution in [0.2, 0.25) is 0 Å². The molecule has 0 radical (unpaired) electrons. The Morgan fingerprint density at radius 2 is 1.86 bits per heavy atom. The smallest absolute Gasteiger partial charge is 0.348 e. The maximum Gasteiger partial charge on any atom is 0.348 e. The minimum absolute atomic E-state index is 0.245. The first kappa shape index (κ1) is 24.9. The van der Waals surface area contributed by atoms with Crippen molar-refractivity contribution in [2.24, 2.45) is 0 Å². The Labute approximate surface area is 213 Å². The number of para-hydroxylation sites is 1. The number of hydrogen-bond donors (Lipinski definition) is 1. The highest BCUT2D eigenvalue weighted by Crippen LogP contribution is 2.34. The number of pyridine rings is 1. The van der Waals surface area contributed by atoms with Crippen LogP contribution in [0.5, 0.6) is 5.75 Å². The average Bonchev–Trinajstić information content (AvgIpc) is 3.18. The molecule has 0 saturated carbocycles. The second-order valence-corrected chi connectivity index (χ2v) is 9.33. The number of carbonyl (C=O) groups excluding carboxylic acids is 2. The number of hydrogen-bond acceptors (Lipinski definition) is 7. The molecule has 1 N–H and O–H groups in total. The maximum atomic E-state index is 13.5. The number of anilines is 1. The van der Waals surface area contributed by atoms with Crippen LogP contribution in [0.3, 0.4) is 0 Å². The van der Waals surface area contributed by atoms with Crippen molar-refractivity contribution in [1.82, 2.24) is 4.98 Å². The van der Waals surface area contributed by atoms with E-state index < -0.39 is 11.9 Å². The fourth-order valence-corrected chi connectivity index (χ4v) is 4.80. The molecular formula is C28H25N3O4S. The quantitative estimate of drug-likeness (QED) is 0.297. The fourth-order valence-electron chi connectivity index (χ4n) is 3.77. The Balaban J connectivity index is 1.73. The molecule has 182 valence electrons. The van der Waals surface area contributed by atoms with Crippen molar-refractivity contribution >= 4 is 39.1 Å². The van der Waals surface area contributed by atoms with Gasteiger partial charge in [-0.25, -0.2) is 9.78 Å². The first-order valence-corrected chi connectivity index (χ1v) is 12.3. The molecule has 2 aromatic carbocycles. The topological polar surface area (TPSA) is 101 Å². The predicted octanol–water partition coefficient (Wildman–Crippen LogP) is 6.36. The van der Waals surface area contributed by atoms with Gasteiger partial charge in [-0.1, -0.05) is 18.2 Å². The van der Waals surface area contributed by atoms with Gasteiger partial charge in [0, 0.05) is 10.9 Å². The number of rotatable bonds is 7. The number of carbonyl (C=O) groups is 2. The molecule has 0 aliphatic rings. The minimum Gasteiger partial charge on any atom is -0.494 e. The molecule has 2 heterocycles. The molecule has 0 fully saturated rings. The SMILES string of the molecule is CCOc1ccc(-c2cc(C(=O)Nc3sc(C(=O)OC(C)C)c(C)c3C#N)c3ccccc3n2)cc1. The van der Waals surface area contributed by atoms with Gasteiger partial charge in [0.05, 0.1) is 35.0 Å². The van der Waals surface area contributed by atoms with Gasteiger partial charge in [-0.05, 0) is 69.7 Å². The summed E-state index contributed by atoms with van der Waals surface area (Å²) in [5, 5.41) is 13.5. The number of aromatic nitrogens is 1. The van der Waals surface area contributed by atoms with Gasteiger partial charge in [0.25, 0.3) is 5.91 Å².